The smallest absolute Gasteiger partial charge is 0.264 e. The summed E-state index contributed by atoms with van der Waals surface area (Å²) in [5.41, 5.74) is 7.89. The summed E-state index contributed by atoms with van der Waals surface area (Å²) in [5.74, 6) is 0.137. The van der Waals surface area contributed by atoms with E-state index in [4.69, 9.17) is 5.73 Å². The van der Waals surface area contributed by atoms with Crippen molar-refractivity contribution in [1.29, 1.82) is 0 Å². The zero-order valence-corrected chi connectivity index (χ0v) is 13.0. The predicted octanol–water partition coefficient (Wildman–Crippen LogP) is 3.49. The Labute approximate surface area is 129 Å². The summed E-state index contributed by atoms with van der Waals surface area (Å²) in [7, 11) is 0. The number of carbonyl (C=O) groups is 1. The van der Waals surface area contributed by atoms with E-state index < -0.39 is 0 Å². The molecule has 0 radical (unpaired) electrons. The van der Waals surface area contributed by atoms with Gasteiger partial charge in [-0.3, -0.25) is 4.79 Å². The van der Waals surface area contributed by atoms with Gasteiger partial charge in [-0.25, -0.2) is 0 Å². The highest BCUT2D eigenvalue weighted by atomic mass is 32.1. The van der Waals surface area contributed by atoms with E-state index in [1.165, 1.54) is 16.9 Å². The molecule has 21 heavy (non-hydrogen) atoms. The minimum absolute atomic E-state index is 0.137. The summed E-state index contributed by atoms with van der Waals surface area (Å²) in [6, 6.07) is 12.5. The summed E-state index contributed by atoms with van der Waals surface area (Å²) in [5, 5.41) is 0. The Bertz CT molecular complexity index is 616. The first-order valence-corrected chi connectivity index (χ1v) is 8.17. The number of thiophene rings is 1. The molecule has 2 heterocycles. The summed E-state index contributed by atoms with van der Waals surface area (Å²) in [4.78, 5) is 16.5. The lowest BCUT2D eigenvalue weighted by Gasteiger charge is -2.24. The van der Waals surface area contributed by atoms with Crippen molar-refractivity contribution < 1.29 is 4.79 Å². The van der Waals surface area contributed by atoms with Crippen molar-refractivity contribution in [2.24, 2.45) is 0 Å². The Morgan fingerprint density at radius 2 is 2.14 bits per heavy atom. The first-order chi connectivity index (χ1) is 10.1. The lowest BCUT2D eigenvalue weighted by atomic mass is 10.0. The Morgan fingerprint density at radius 1 is 1.38 bits per heavy atom. The van der Waals surface area contributed by atoms with Crippen LogP contribution in [0.3, 0.4) is 0 Å². The Kier molecular flexibility index (Phi) is 3.97. The van der Waals surface area contributed by atoms with E-state index >= 15 is 0 Å². The monoisotopic (exact) mass is 300 g/mol. The maximum Gasteiger partial charge on any atom is 0.264 e. The molecule has 3 nitrogen and oxygen atoms in total. The molecule has 1 aromatic carbocycles. The van der Waals surface area contributed by atoms with Gasteiger partial charge in [0.2, 0.25) is 0 Å². The van der Waals surface area contributed by atoms with Gasteiger partial charge in [-0.05, 0) is 37.8 Å². The Balaban J connectivity index is 1.76. The van der Waals surface area contributed by atoms with Gasteiger partial charge in [0.1, 0.15) is 0 Å². The number of benzene rings is 1. The molecule has 1 aliphatic heterocycles. The zero-order chi connectivity index (χ0) is 14.8. The molecule has 0 bridgehead atoms. The molecule has 1 fully saturated rings. The van der Waals surface area contributed by atoms with Gasteiger partial charge in [0.25, 0.3) is 5.91 Å². The van der Waals surface area contributed by atoms with Crippen LogP contribution < -0.4 is 5.73 Å². The lowest BCUT2D eigenvalue weighted by Crippen LogP contribution is -2.36. The van der Waals surface area contributed by atoms with Gasteiger partial charge in [0, 0.05) is 23.2 Å². The third-order valence-corrected chi connectivity index (χ3v) is 5.17. The van der Waals surface area contributed by atoms with Crippen molar-refractivity contribution in [3.8, 4) is 0 Å². The minimum atomic E-state index is 0.137. The van der Waals surface area contributed by atoms with Gasteiger partial charge >= 0.3 is 0 Å². The highest BCUT2D eigenvalue weighted by Crippen LogP contribution is 2.28. The van der Waals surface area contributed by atoms with E-state index in [0.29, 0.717) is 6.04 Å². The number of nitrogen functional groups attached to an aromatic ring is 1. The molecule has 1 unspecified atom stereocenters. The maximum absolute atomic E-state index is 12.7. The first kappa shape index (κ1) is 14.1. The van der Waals surface area contributed by atoms with Crippen LogP contribution in [0.15, 0.2) is 36.4 Å². The van der Waals surface area contributed by atoms with Crippen molar-refractivity contribution in [3.63, 3.8) is 0 Å². The van der Waals surface area contributed by atoms with Crippen LogP contribution in [-0.4, -0.2) is 23.4 Å². The quantitative estimate of drug-likeness (QED) is 0.943. The first-order valence-electron chi connectivity index (χ1n) is 7.36. The fraction of sp³-hybridized carbons (Fsp3) is 0.353. The molecule has 1 aromatic heterocycles. The molecule has 0 saturated carbocycles. The molecule has 0 aliphatic carbocycles. The highest BCUT2D eigenvalue weighted by molar-refractivity contribution is 7.14. The number of anilines is 1. The number of hydrogen-bond acceptors (Lipinski definition) is 3. The van der Waals surface area contributed by atoms with Crippen LogP contribution in [0.5, 0.6) is 0 Å². The molecular formula is C17H20N2OS. The Hall–Kier alpha value is -1.81. The number of nitrogens with two attached hydrogens (primary N) is 1. The molecule has 2 aromatic rings. The molecular weight excluding hydrogens is 280 g/mol. The van der Waals surface area contributed by atoms with Crippen molar-refractivity contribution in [3.05, 3.63) is 51.7 Å². The fourth-order valence-electron chi connectivity index (χ4n) is 2.94. The number of amides is 1. The average molecular weight is 300 g/mol. The molecule has 0 spiro atoms. The van der Waals surface area contributed by atoms with Crippen LogP contribution in [0.25, 0.3) is 0 Å². The zero-order valence-electron chi connectivity index (χ0n) is 12.2. The topological polar surface area (TPSA) is 46.3 Å². The number of hydrogen-bond donors (Lipinski definition) is 1. The van der Waals surface area contributed by atoms with E-state index in [1.54, 1.807) is 0 Å². The number of aryl methyl sites for hydroxylation is 1. The number of rotatable bonds is 3. The van der Waals surface area contributed by atoms with Crippen LogP contribution in [-0.2, 0) is 6.42 Å². The number of carbonyl (C=O) groups excluding carboxylic acids is 1. The Morgan fingerprint density at radius 3 is 2.81 bits per heavy atom. The molecule has 1 saturated heterocycles. The summed E-state index contributed by atoms with van der Waals surface area (Å²) < 4.78 is 0. The SMILES string of the molecule is Cc1sc(C(=O)N2CCCC2Cc2ccccc2)cc1N. The van der Waals surface area contributed by atoms with Crippen molar-refractivity contribution in [2.45, 2.75) is 32.2 Å². The molecule has 4 heteroatoms. The second-order valence-corrected chi connectivity index (χ2v) is 6.86. The lowest BCUT2D eigenvalue weighted by molar-refractivity contribution is 0.0741. The van der Waals surface area contributed by atoms with Crippen LogP contribution >= 0.6 is 11.3 Å². The van der Waals surface area contributed by atoms with Crippen LogP contribution in [0.1, 0.15) is 33.0 Å². The second-order valence-electron chi connectivity index (χ2n) is 5.61. The third-order valence-electron chi connectivity index (χ3n) is 4.12. The third kappa shape index (κ3) is 2.95. The van der Waals surface area contributed by atoms with Gasteiger partial charge < -0.3 is 10.6 Å². The van der Waals surface area contributed by atoms with Gasteiger partial charge in [0.15, 0.2) is 0 Å². The summed E-state index contributed by atoms with van der Waals surface area (Å²) in [6.07, 6.45) is 3.11. The molecule has 1 atom stereocenters. The fourth-order valence-corrected chi connectivity index (χ4v) is 3.84. The van der Waals surface area contributed by atoms with Gasteiger partial charge in [-0.1, -0.05) is 30.3 Å². The van der Waals surface area contributed by atoms with Crippen LogP contribution in [0, 0.1) is 6.92 Å². The van der Waals surface area contributed by atoms with Gasteiger partial charge in [0.05, 0.1) is 4.88 Å². The minimum Gasteiger partial charge on any atom is -0.398 e. The van der Waals surface area contributed by atoms with Crippen molar-refractivity contribution in [2.75, 3.05) is 12.3 Å². The van der Waals surface area contributed by atoms with E-state index in [2.05, 4.69) is 24.3 Å². The van der Waals surface area contributed by atoms with Crippen LogP contribution in [0.2, 0.25) is 0 Å². The molecule has 2 N–H and O–H groups in total. The number of likely N-dealkylation sites (tertiary alicyclic amines) is 1. The van der Waals surface area contributed by atoms with Crippen molar-refractivity contribution in [1.82, 2.24) is 4.90 Å². The predicted molar refractivity (Wildman–Crippen MR) is 87.7 cm³/mol. The van der Waals surface area contributed by atoms with Gasteiger partial charge in [-0.2, -0.15) is 0 Å². The highest BCUT2D eigenvalue weighted by Gasteiger charge is 2.30. The van der Waals surface area contributed by atoms with E-state index in [9.17, 15) is 4.79 Å². The standard InChI is InChI=1S/C17H20N2OS/c1-12-15(18)11-16(21-12)17(20)19-9-5-8-14(19)10-13-6-3-2-4-7-13/h2-4,6-7,11,14H,5,8-10,18H2,1H3. The van der Waals surface area contributed by atoms with E-state index in [1.807, 2.05) is 24.0 Å². The van der Waals surface area contributed by atoms with E-state index in [-0.39, 0.29) is 5.91 Å². The largest absolute Gasteiger partial charge is 0.398 e. The molecule has 3 rings (SSSR count). The maximum atomic E-state index is 12.7. The summed E-state index contributed by atoms with van der Waals surface area (Å²) in [6.45, 7) is 2.81. The molecule has 1 aliphatic rings. The van der Waals surface area contributed by atoms with Gasteiger partial charge in [-0.15, -0.1) is 11.3 Å². The van der Waals surface area contributed by atoms with Crippen LogP contribution in [0.4, 0.5) is 5.69 Å². The average Bonchev–Trinajstić information content (AvgIpc) is 3.07. The van der Waals surface area contributed by atoms with Crippen molar-refractivity contribution >= 4 is 22.9 Å². The normalized spacial score (nSPS) is 18.1. The summed E-state index contributed by atoms with van der Waals surface area (Å²) >= 11 is 1.50. The molecule has 1 amide bonds. The molecule has 110 valence electrons. The second kappa shape index (κ2) is 5.90. The van der Waals surface area contributed by atoms with E-state index in [0.717, 1.165) is 41.2 Å². The number of nitrogens with zero attached hydrogens (tertiary/aromatic N) is 1.